The maximum Gasteiger partial charge on any atom is 0.363 e. The topological polar surface area (TPSA) is 81.8 Å². The van der Waals surface area contributed by atoms with Gasteiger partial charge in [-0.1, -0.05) is 24.3 Å². The average Bonchev–Trinajstić information content (AvgIpc) is 2.91. The van der Waals surface area contributed by atoms with Gasteiger partial charge in [0, 0.05) is 20.8 Å². The van der Waals surface area contributed by atoms with Gasteiger partial charge in [-0.2, -0.15) is 0 Å². The van der Waals surface area contributed by atoms with Crippen molar-refractivity contribution in [2.24, 2.45) is 4.99 Å². The second kappa shape index (κ2) is 6.52. The SMILES string of the molecule is Cc1ccc(C2=NC(=Cc3ccccc3I)C(=O)O2)cc1[N+](=O)[O-]. The molecule has 1 aliphatic rings. The summed E-state index contributed by atoms with van der Waals surface area (Å²) in [5.74, 6) is -0.506. The van der Waals surface area contributed by atoms with Crippen LogP contribution in [0.5, 0.6) is 0 Å². The van der Waals surface area contributed by atoms with Gasteiger partial charge in [0.15, 0.2) is 5.70 Å². The summed E-state index contributed by atoms with van der Waals surface area (Å²) in [7, 11) is 0. The lowest BCUT2D eigenvalue weighted by molar-refractivity contribution is -0.385. The molecule has 0 N–H and O–H groups in total. The number of esters is 1. The van der Waals surface area contributed by atoms with E-state index < -0.39 is 10.9 Å². The van der Waals surface area contributed by atoms with Gasteiger partial charge in [-0.15, -0.1) is 0 Å². The molecule has 1 aliphatic heterocycles. The third kappa shape index (κ3) is 3.21. The second-order valence-electron chi connectivity index (χ2n) is 5.12. The number of aliphatic imine (C=N–C) groups is 1. The Kier molecular flexibility index (Phi) is 4.43. The Hall–Kier alpha value is -2.55. The second-order valence-corrected chi connectivity index (χ2v) is 6.28. The molecule has 2 aromatic rings. The van der Waals surface area contributed by atoms with Crippen molar-refractivity contribution in [1.29, 1.82) is 0 Å². The Morgan fingerprint density at radius 2 is 2.00 bits per heavy atom. The molecule has 0 atom stereocenters. The minimum Gasteiger partial charge on any atom is -0.402 e. The van der Waals surface area contributed by atoms with E-state index in [0.717, 1.165) is 9.13 Å². The molecule has 0 unspecified atom stereocenters. The van der Waals surface area contributed by atoms with E-state index in [4.69, 9.17) is 4.74 Å². The number of hydrogen-bond donors (Lipinski definition) is 0. The third-order valence-electron chi connectivity index (χ3n) is 3.47. The summed E-state index contributed by atoms with van der Waals surface area (Å²) >= 11 is 2.17. The zero-order valence-electron chi connectivity index (χ0n) is 12.5. The van der Waals surface area contributed by atoms with Crippen LogP contribution < -0.4 is 0 Å². The molecule has 6 nitrogen and oxygen atoms in total. The van der Waals surface area contributed by atoms with Crippen molar-refractivity contribution < 1.29 is 14.5 Å². The summed E-state index contributed by atoms with van der Waals surface area (Å²) in [6, 6.07) is 12.2. The molecule has 24 heavy (non-hydrogen) atoms. The summed E-state index contributed by atoms with van der Waals surface area (Å²) in [4.78, 5) is 26.8. The largest absolute Gasteiger partial charge is 0.402 e. The van der Waals surface area contributed by atoms with Crippen LogP contribution in [-0.2, 0) is 9.53 Å². The minimum atomic E-state index is -0.576. The number of aryl methyl sites for hydroxylation is 1. The summed E-state index contributed by atoms with van der Waals surface area (Å²) in [6.45, 7) is 1.65. The van der Waals surface area contributed by atoms with Crippen molar-refractivity contribution in [2.45, 2.75) is 6.92 Å². The summed E-state index contributed by atoms with van der Waals surface area (Å²) in [5.41, 5.74) is 1.90. The highest BCUT2D eigenvalue weighted by molar-refractivity contribution is 14.1. The zero-order valence-corrected chi connectivity index (χ0v) is 14.7. The predicted octanol–water partition coefficient (Wildman–Crippen LogP) is 3.85. The molecule has 120 valence electrons. The number of ether oxygens (including phenoxy) is 1. The molecule has 7 heteroatoms. The van der Waals surface area contributed by atoms with E-state index in [1.54, 1.807) is 25.1 Å². The fourth-order valence-corrected chi connectivity index (χ4v) is 2.75. The number of cyclic esters (lactones) is 1. The number of nitrogens with zero attached hydrogens (tertiary/aromatic N) is 2. The van der Waals surface area contributed by atoms with Crippen LogP contribution >= 0.6 is 22.6 Å². The monoisotopic (exact) mass is 434 g/mol. The molecule has 0 amide bonds. The quantitative estimate of drug-likeness (QED) is 0.242. The van der Waals surface area contributed by atoms with Crippen molar-refractivity contribution in [3.8, 4) is 0 Å². The van der Waals surface area contributed by atoms with Crippen molar-refractivity contribution in [3.63, 3.8) is 0 Å². The third-order valence-corrected chi connectivity index (χ3v) is 4.45. The first-order chi connectivity index (χ1) is 11.5. The molecule has 3 rings (SSSR count). The maximum atomic E-state index is 12.0. The van der Waals surface area contributed by atoms with Crippen molar-refractivity contribution in [2.75, 3.05) is 0 Å². The van der Waals surface area contributed by atoms with Crippen molar-refractivity contribution >= 4 is 46.2 Å². The summed E-state index contributed by atoms with van der Waals surface area (Å²) in [5, 5.41) is 11.0. The smallest absolute Gasteiger partial charge is 0.363 e. The van der Waals surface area contributed by atoms with Crippen LogP contribution in [-0.4, -0.2) is 16.8 Å². The van der Waals surface area contributed by atoms with Crippen LogP contribution in [0.25, 0.3) is 6.08 Å². The van der Waals surface area contributed by atoms with E-state index in [0.29, 0.717) is 11.1 Å². The lowest BCUT2D eigenvalue weighted by atomic mass is 10.1. The first kappa shape index (κ1) is 16.3. The van der Waals surface area contributed by atoms with Gasteiger partial charge in [0.1, 0.15) is 0 Å². The molecule has 0 saturated heterocycles. The van der Waals surface area contributed by atoms with E-state index in [-0.39, 0.29) is 17.3 Å². The molecule has 0 bridgehead atoms. The number of carbonyl (C=O) groups excluding carboxylic acids is 1. The van der Waals surface area contributed by atoms with Gasteiger partial charge in [0.25, 0.3) is 5.69 Å². The van der Waals surface area contributed by atoms with Crippen LogP contribution in [0.4, 0.5) is 5.69 Å². The Morgan fingerprint density at radius 1 is 1.25 bits per heavy atom. The van der Waals surface area contributed by atoms with Gasteiger partial charge in [0.05, 0.1) is 4.92 Å². The Morgan fingerprint density at radius 3 is 2.71 bits per heavy atom. The molecule has 0 fully saturated rings. The molecule has 2 aromatic carbocycles. The Bertz CT molecular complexity index is 919. The summed E-state index contributed by atoms with van der Waals surface area (Å²) < 4.78 is 6.14. The first-order valence-corrected chi connectivity index (χ1v) is 8.06. The van der Waals surface area contributed by atoms with E-state index in [1.165, 1.54) is 6.07 Å². The van der Waals surface area contributed by atoms with Gasteiger partial charge in [-0.25, -0.2) is 9.79 Å². The number of nitro groups is 1. The molecule has 0 saturated carbocycles. The number of benzene rings is 2. The molecule has 0 spiro atoms. The van der Waals surface area contributed by atoms with Gasteiger partial charge in [-0.05, 0) is 53.3 Å². The molecule has 1 heterocycles. The molecular weight excluding hydrogens is 423 g/mol. The van der Waals surface area contributed by atoms with Crippen molar-refractivity contribution in [3.05, 3.63) is 78.5 Å². The highest BCUT2D eigenvalue weighted by Gasteiger charge is 2.26. The highest BCUT2D eigenvalue weighted by Crippen LogP contribution is 2.25. The predicted molar refractivity (Wildman–Crippen MR) is 97.6 cm³/mol. The lowest BCUT2D eigenvalue weighted by Gasteiger charge is -2.01. The lowest BCUT2D eigenvalue weighted by Crippen LogP contribution is -2.06. The fourth-order valence-electron chi connectivity index (χ4n) is 2.21. The summed E-state index contributed by atoms with van der Waals surface area (Å²) in [6.07, 6.45) is 1.64. The fraction of sp³-hybridized carbons (Fsp3) is 0.0588. The number of halogens is 1. The van der Waals surface area contributed by atoms with Gasteiger partial charge < -0.3 is 4.74 Å². The van der Waals surface area contributed by atoms with E-state index in [2.05, 4.69) is 27.6 Å². The standard InChI is InChI=1S/C17H11IN2O4/c1-10-6-7-12(9-15(10)20(22)23)16-19-14(17(21)24-16)8-11-4-2-3-5-13(11)18/h2-9H,1H3. The first-order valence-electron chi connectivity index (χ1n) is 6.98. The van der Waals surface area contributed by atoms with E-state index in [1.807, 2.05) is 24.3 Å². The normalized spacial score (nSPS) is 15.3. The van der Waals surface area contributed by atoms with Gasteiger partial charge in [-0.3, -0.25) is 10.1 Å². The average molecular weight is 434 g/mol. The molecule has 0 aliphatic carbocycles. The molecular formula is C17H11IN2O4. The Labute approximate surface area is 151 Å². The van der Waals surface area contributed by atoms with Crippen LogP contribution in [0.2, 0.25) is 0 Å². The van der Waals surface area contributed by atoms with Gasteiger partial charge in [0.2, 0.25) is 5.90 Å². The van der Waals surface area contributed by atoms with Gasteiger partial charge >= 0.3 is 5.97 Å². The van der Waals surface area contributed by atoms with E-state index in [9.17, 15) is 14.9 Å². The van der Waals surface area contributed by atoms with Crippen LogP contribution in [0.1, 0.15) is 16.7 Å². The number of rotatable bonds is 3. The number of carbonyl (C=O) groups is 1. The number of nitro benzene ring substituents is 1. The van der Waals surface area contributed by atoms with Crippen LogP contribution in [0, 0.1) is 20.6 Å². The van der Waals surface area contributed by atoms with Crippen molar-refractivity contribution in [1.82, 2.24) is 0 Å². The molecule has 0 aromatic heterocycles. The highest BCUT2D eigenvalue weighted by atomic mass is 127. The van der Waals surface area contributed by atoms with Crippen LogP contribution in [0.15, 0.2) is 53.2 Å². The maximum absolute atomic E-state index is 12.0. The zero-order chi connectivity index (χ0) is 17.3. The van der Waals surface area contributed by atoms with E-state index >= 15 is 0 Å². The number of hydrogen-bond acceptors (Lipinski definition) is 5. The molecule has 0 radical (unpaired) electrons. The van der Waals surface area contributed by atoms with Crippen LogP contribution in [0.3, 0.4) is 0 Å². The Balaban J connectivity index is 2.00. The minimum absolute atomic E-state index is 0.0405.